The van der Waals surface area contributed by atoms with Crippen LogP contribution in [0.3, 0.4) is 0 Å². The Bertz CT molecular complexity index is 760. The van der Waals surface area contributed by atoms with Crippen LogP contribution < -0.4 is 0 Å². The second-order valence-corrected chi connectivity index (χ2v) is 9.12. The number of aliphatic hydroxyl groups is 2. The second-order valence-electron chi connectivity index (χ2n) is 8.41. The molecule has 0 unspecified atom stereocenters. The first-order chi connectivity index (χ1) is 17.1. The average molecular weight is 657 g/mol. The molecule has 0 amide bonds. The van der Waals surface area contributed by atoms with Crippen LogP contribution in [0.2, 0.25) is 0 Å². The standard InChI is InChI=1S/C15H22O4.C11H21O5P.7H2O/c1-12(2)10-18-5-6-19-11-13-3-4-14(8-16)15(7-13)9-17;1-9(2)5-14-7-11(16-17(12)13)8-15-6-10(3)4;;;;;;;/h3-4,7,16-17H,1,5-6,8-11H2,2H3;11-13H,1,3,5-8H2,2,4H3;7*1H2. The Labute approximate surface area is 255 Å². The highest BCUT2D eigenvalue weighted by Crippen LogP contribution is 2.27. The Morgan fingerprint density at radius 3 is 1.49 bits per heavy atom. The summed E-state index contributed by atoms with van der Waals surface area (Å²) in [6.45, 7) is 20.0. The smallest absolute Gasteiger partial charge is 0.327 e. The van der Waals surface area contributed by atoms with Crippen molar-refractivity contribution in [3.63, 3.8) is 0 Å². The Morgan fingerprint density at radius 1 is 0.674 bits per heavy atom. The maximum absolute atomic E-state index is 9.19. The minimum absolute atomic E-state index is 0. The molecule has 0 aliphatic rings. The summed E-state index contributed by atoms with van der Waals surface area (Å²) in [4.78, 5) is 17.6. The number of aliphatic hydroxyl groups excluding tert-OH is 2. The predicted molar refractivity (Wildman–Crippen MR) is 166 cm³/mol. The lowest BCUT2D eigenvalue weighted by Gasteiger charge is -2.18. The van der Waals surface area contributed by atoms with Gasteiger partial charge in [-0.05, 0) is 37.5 Å². The van der Waals surface area contributed by atoms with Gasteiger partial charge in [-0.1, -0.05) is 54.7 Å². The Morgan fingerprint density at radius 2 is 1.09 bits per heavy atom. The lowest BCUT2D eigenvalue weighted by Crippen LogP contribution is -2.25. The van der Waals surface area contributed by atoms with E-state index < -0.39 is 14.7 Å². The van der Waals surface area contributed by atoms with Gasteiger partial charge in [0.25, 0.3) is 0 Å². The summed E-state index contributed by atoms with van der Waals surface area (Å²) in [7, 11) is -2.41. The van der Waals surface area contributed by atoms with Gasteiger partial charge in [0.05, 0.1) is 66.1 Å². The van der Waals surface area contributed by atoms with Crippen molar-refractivity contribution in [1.29, 1.82) is 0 Å². The van der Waals surface area contributed by atoms with E-state index in [4.69, 9.17) is 38.4 Å². The van der Waals surface area contributed by atoms with Crippen LogP contribution in [0.25, 0.3) is 0 Å². The van der Waals surface area contributed by atoms with Crippen LogP contribution in [0.5, 0.6) is 0 Å². The highest BCUT2D eigenvalue weighted by Gasteiger charge is 2.15. The quantitative estimate of drug-likeness (QED) is 0.0710. The van der Waals surface area contributed by atoms with Crippen molar-refractivity contribution < 1.29 is 81.8 Å². The van der Waals surface area contributed by atoms with E-state index >= 15 is 0 Å². The molecule has 17 heteroatoms. The molecule has 0 atom stereocenters. The first-order valence-electron chi connectivity index (χ1n) is 11.5. The van der Waals surface area contributed by atoms with Crippen molar-refractivity contribution in [3.8, 4) is 0 Å². The van der Waals surface area contributed by atoms with Crippen LogP contribution in [0.15, 0.2) is 54.7 Å². The molecule has 0 bridgehead atoms. The first-order valence-corrected chi connectivity index (χ1v) is 12.7. The molecule has 0 saturated heterocycles. The minimum Gasteiger partial charge on any atom is -0.412 e. The van der Waals surface area contributed by atoms with Crippen molar-refractivity contribution in [2.24, 2.45) is 0 Å². The summed E-state index contributed by atoms with van der Waals surface area (Å²) < 4.78 is 26.2. The fourth-order valence-electron chi connectivity index (χ4n) is 2.60. The van der Waals surface area contributed by atoms with Crippen molar-refractivity contribution in [2.45, 2.75) is 46.7 Å². The van der Waals surface area contributed by atoms with Crippen LogP contribution in [0, 0.1) is 0 Å². The van der Waals surface area contributed by atoms with Gasteiger partial charge >= 0.3 is 8.60 Å². The van der Waals surface area contributed by atoms with Gasteiger partial charge in [-0.25, -0.2) is 0 Å². The van der Waals surface area contributed by atoms with E-state index in [1.54, 1.807) is 0 Å². The summed E-state index contributed by atoms with van der Waals surface area (Å²) in [6, 6.07) is 5.54. The number of benzene rings is 1. The molecule has 0 heterocycles. The lowest BCUT2D eigenvalue weighted by atomic mass is 10.1. The maximum Gasteiger partial charge on any atom is 0.327 e. The van der Waals surface area contributed by atoms with E-state index in [1.165, 1.54) is 0 Å². The highest BCUT2D eigenvalue weighted by atomic mass is 31.2. The molecule has 16 nitrogen and oxygen atoms in total. The molecule has 18 N–H and O–H groups in total. The third-order valence-electron chi connectivity index (χ3n) is 4.15. The van der Waals surface area contributed by atoms with Crippen LogP contribution in [-0.2, 0) is 43.3 Å². The van der Waals surface area contributed by atoms with Crippen molar-refractivity contribution in [3.05, 3.63) is 71.3 Å². The number of rotatable bonds is 19. The SMILES string of the molecule is C=C(C)COCC(COCC(=C)C)OP(O)O.C=C(C)COCCOCc1ccc(CO)c(CO)c1.O.O.O.O.O.O.O. The van der Waals surface area contributed by atoms with Gasteiger partial charge in [-0.3, -0.25) is 0 Å². The molecule has 0 aliphatic carbocycles. The molecule has 262 valence electrons. The third-order valence-corrected chi connectivity index (χ3v) is 4.64. The number of hydrogen-bond donors (Lipinski definition) is 4. The van der Waals surface area contributed by atoms with Crippen LogP contribution in [0.4, 0.5) is 0 Å². The fourth-order valence-corrected chi connectivity index (χ4v) is 2.98. The zero-order valence-electron chi connectivity index (χ0n) is 25.3. The number of ether oxygens (including phenoxy) is 4. The van der Waals surface area contributed by atoms with E-state index in [-0.39, 0.29) is 64.8 Å². The van der Waals surface area contributed by atoms with Crippen LogP contribution in [-0.4, -0.2) is 111 Å². The monoisotopic (exact) mass is 656 g/mol. The molecule has 1 aromatic carbocycles. The largest absolute Gasteiger partial charge is 0.412 e. The van der Waals surface area contributed by atoms with Gasteiger partial charge in [-0.15, -0.1) is 0 Å². The molecular weight excluding hydrogens is 599 g/mol. The molecular formula is C26H57O16P. The second kappa shape index (κ2) is 38.3. The minimum atomic E-state index is -2.41. The van der Waals surface area contributed by atoms with Gasteiger partial charge in [0, 0.05) is 0 Å². The molecule has 0 aliphatic heterocycles. The average Bonchev–Trinajstić information content (AvgIpc) is 2.80. The molecule has 0 saturated carbocycles. The normalized spacial score (nSPS) is 9.14. The third kappa shape index (κ3) is 36.3. The molecule has 0 spiro atoms. The van der Waals surface area contributed by atoms with Gasteiger partial charge in [0.2, 0.25) is 0 Å². The van der Waals surface area contributed by atoms with Crippen molar-refractivity contribution >= 4 is 8.60 Å². The first kappa shape index (κ1) is 60.4. The summed E-state index contributed by atoms with van der Waals surface area (Å²) in [5.74, 6) is 0. The molecule has 43 heavy (non-hydrogen) atoms. The Hall–Kier alpha value is -1.77. The van der Waals surface area contributed by atoms with Gasteiger partial charge in [0.15, 0.2) is 0 Å². The van der Waals surface area contributed by atoms with Gasteiger partial charge < -0.3 is 81.8 Å². The Kier molecular flexibility index (Phi) is 53.8. The molecule has 0 radical (unpaired) electrons. The molecule has 0 aromatic heterocycles. The van der Waals surface area contributed by atoms with Crippen LogP contribution in [0.1, 0.15) is 37.5 Å². The van der Waals surface area contributed by atoms with E-state index in [2.05, 4.69) is 19.7 Å². The predicted octanol–water partition coefficient (Wildman–Crippen LogP) is -2.22. The molecule has 1 aromatic rings. The lowest BCUT2D eigenvalue weighted by molar-refractivity contribution is -0.000846. The molecule has 0 fully saturated rings. The Balaban J connectivity index is -0.0000000821. The summed E-state index contributed by atoms with van der Waals surface area (Å²) in [6.07, 6.45) is -0.505. The maximum atomic E-state index is 9.19. The van der Waals surface area contributed by atoms with E-state index in [0.29, 0.717) is 39.6 Å². The van der Waals surface area contributed by atoms with Crippen molar-refractivity contribution in [2.75, 3.05) is 46.2 Å². The zero-order valence-corrected chi connectivity index (χ0v) is 26.2. The van der Waals surface area contributed by atoms with Gasteiger partial charge in [0.1, 0.15) is 6.10 Å². The van der Waals surface area contributed by atoms with Gasteiger partial charge in [-0.2, -0.15) is 0 Å². The molecule has 1 rings (SSSR count). The highest BCUT2D eigenvalue weighted by molar-refractivity contribution is 7.39. The zero-order chi connectivity index (χ0) is 27.3. The van der Waals surface area contributed by atoms with E-state index in [0.717, 1.165) is 33.4 Å². The fraction of sp³-hybridized carbons (Fsp3) is 0.538. The topological polar surface area (TPSA) is 348 Å². The van der Waals surface area contributed by atoms with Crippen LogP contribution >= 0.6 is 8.60 Å². The van der Waals surface area contributed by atoms with Crippen molar-refractivity contribution in [1.82, 2.24) is 0 Å². The van der Waals surface area contributed by atoms with E-state index in [9.17, 15) is 5.11 Å². The summed E-state index contributed by atoms with van der Waals surface area (Å²) >= 11 is 0. The summed E-state index contributed by atoms with van der Waals surface area (Å²) in [5, 5.41) is 18.3. The summed E-state index contributed by atoms with van der Waals surface area (Å²) in [5.41, 5.74) is 5.23. The number of hydrogen-bond acceptors (Lipinski definition) is 9. The van der Waals surface area contributed by atoms with E-state index in [1.807, 2.05) is 39.0 Å².